The van der Waals surface area contributed by atoms with Gasteiger partial charge in [0.1, 0.15) is 18.3 Å². The van der Waals surface area contributed by atoms with Crippen molar-refractivity contribution in [3.05, 3.63) is 0 Å². The summed E-state index contributed by atoms with van der Waals surface area (Å²) in [5, 5.41) is 0. The smallest absolute Gasteiger partial charge is 0.114 e. The molecular weight excluding hydrogens is 172 g/mol. The van der Waals surface area contributed by atoms with E-state index in [9.17, 15) is 0 Å². The van der Waals surface area contributed by atoms with Crippen molar-refractivity contribution in [2.75, 3.05) is 27.9 Å². The third-order valence-electron chi connectivity index (χ3n) is 2.52. The summed E-state index contributed by atoms with van der Waals surface area (Å²) >= 11 is 0. The van der Waals surface area contributed by atoms with E-state index < -0.39 is 0 Å². The van der Waals surface area contributed by atoms with Gasteiger partial charge in [-0.15, -0.1) is 0 Å². The quantitative estimate of drug-likeness (QED) is 0.647. The maximum absolute atomic E-state index is 5.49. The summed E-state index contributed by atoms with van der Waals surface area (Å²) in [6.45, 7) is 2.54. The molecule has 0 bridgehead atoms. The molecule has 0 unspecified atom stereocenters. The van der Waals surface area contributed by atoms with E-state index in [2.05, 4.69) is 0 Å². The molecule has 1 aliphatic heterocycles. The molecule has 13 heavy (non-hydrogen) atoms. The van der Waals surface area contributed by atoms with Crippen LogP contribution >= 0.6 is 0 Å². The lowest BCUT2D eigenvalue weighted by atomic mass is 10.0. The van der Waals surface area contributed by atoms with Crippen LogP contribution in [0.1, 0.15) is 6.92 Å². The molecule has 0 N–H and O–H groups in total. The third kappa shape index (κ3) is 2.20. The summed E-state index contributed by atoms with van der Waals surface area (Å²) in [6.07, 6.45) is -0.0741. The molecule has 4 atom stereocenters. The zero-order valence-corrected chi connectivity index (χ0v) is 8.65. The van der Waals surface area contributed by atoms with Gasteiger partial charge < -0.3 is 18.9 Å². The molecule has 0 amide bonds. The van der Waals surface area contributed by atoms with Crippen LogP contribution in [0.5, 0.6) is 0 Å². The van der Waals surface area contributed by atoms with E-state index in [0.29, 0.717) is 6.61 Å². The maximum Gasteiger partial charge on any atom is 0.114 e. The van der Waals surface area contributed by atoms with Gasteiger partial charge in [0.15, 0.2) is 0 Å². The van der Waals surface area contributed by atoms with Crippen molar-refractivity contribution in [1.82, 2.24) is 0 Å². The molecule has 0 aromatic carbocycles. The Morgan fingerprint density at radius 3 is 2.08 bits per heavy atom. The van der Waals surface area contributed by atoms with Gasteiger partial charge in [0.2, 0.25) is 0 Å². The second kappa shape index (κ2) is 4.91. The fourth-order valence-corrected chi connectivity index (χ4v) is 1.73. The van der Waals surface area contributed by atoms with Crippen molar-refractivity contribution in [3.8, 4) is 0 Å². The van der Waals surface area contributed by atoms with Crippen molar-refractivity contribution in [2.45, 2.75) is 31.3 Å². The third-order valence-corrected chi connectivity index (χ3v) is 2.52. The minimum Gasteiger partial charge on any atom is -0.376 e. The van der Waals surface area contributed by atoms with E-state index in [-0.39, 0.29) is 24.4 Å². The highest BCUT2D eigenvalue weighted by atomic mass is 16.6. The van der Waals surface area contributed by atoms with Crippen LogP contribution in [0.3, 0.4) is 0 Å². The van der Waals surface area contributed by atoms with E-state index >= 15 is 0 Å². The van der Waals surface area contributed by atoms with Crippen LogP contribution < -0.4 is 0 Å². The number of ether oxygens (including phenoxy) is 4. The average molecular weight is 190 g/mol. The van der Waals surface area contributed by atoms with Crippen molar-refractivity contribution in [3.63, 3.8) is 0 Å². The van der Waals surface area contributed by atoms with Gasteiger partial charge in [0.25, 0.3) is 0 Å². The number of methoxy groups -OCH3 is 3. The molecular formula is C9H18O4. The molecule has 1 fully saturated rings. The fourth-order valence-electron chi connectivity index (χ4n) is 1.73. The van der Waals surface area contributed by atoms with Gasteiger partial charge in [-0.1, -0.05) is 0 Å². The predicted octanol–water partition coefficient (Wildman–Crippen LogP) is 0.450. The fraction of sp³-hybridized carbons (Fsp3) is 1.00. The topological polar surface area (TPSA) is 36.9 Å². The summed E-state index contributed by atoms with van der Waals surface area (Å²) < 4.78 is 21.4. The Kier molecular flexibility index (Phi) is 4.12. The first-order chi connectivity index (χ1) is 6.24. The highest BCUT2D eigenvalue weighted by Crippen LogP contribution is 2.21. The van der Waals surface area contributed by atoms with Gasteiger partial charge in [-0.2, -0.15) is 0 Å². The van der Waals surface area contributed by atoms with Crippen molar-refractivity contribution < 1.29 is 18.9 Å². The Hall–Kier alpha value is -0.160. The largest absolute Gasteiger partial charge is 0.376 e. The van der Waals surface area contributed by atoms with Crippen molar-refractivity contribution in [2.24, 2.45) is 0 Å². The first-order valence-corrected chi connectivity index (χ1v) is 4.44. The average Bonchev–Trinajstić information content (AvgIpc) is 2.17. The first kappa shape index (κ1) is 10.9. The molecule has 4 nitrogen and oxygen atoms in total. The lowest BCUT2D eigenvalue weighted by molar-refractivity contribution is -0.206. The van der Waals surface area contributed by atoms with Crippen LogP contribution in [0.2, 0.25) is 0 Å². The van der Waals surface area contributed by atoms with E-state index in [4.69, 9.17) is 18.9 Å². The van der Waals surface area contributed by atoms with Crippen LogP contribution in [0.25, 0.3) is 0 Å². The summed E-state index contributed by atoms with van der Waals surface area (Å²) in [5.74, 6) is 0. The van der Waals surface area contributed by atoms with Crippen LogP contribution in [-0.2, 0) is 18.9 Å². The van der Waals surface area contributed by atoms with Crippen molar-refractivity contribution in [1.29, 1.82) is 0 Å². The number of rotatable bonds is 3. The minimum absolute atomic E-state index is 0.0360. The van der Waals surface area contributed by atoms with E-state index in [1.807, 2.05) is 6.92 Å². The molecule has 1 aliphatic rings. The Balaban J connectivity index is 2.64. The van der Waals surface area contributed by atoms with Crippen molar-refractivity contribution >= 4 is 0 Å². The Morgan fingerprint density at radius 1 is 1.00 bits per heavy atom. The van der Waals surface area contributed by atoms with Crippen LogP contribution in [0, 0.1) is 0 Å². The first-order valence-electron chi connectivity index (χ1n) is 4.44. The summed E-state index contributed by atoms with van der Waals surface area (Å²) in [4.78, 5) is 0. The summed E-state index contributed by atoms with van der Waals surface area (Å²) in [7, 11) is 4.98. The molecule has 1 rings (SSSR count). The SMILES string of the molecule is CO[C@H]1[C@H](OC)[C@H](OC)CO[C@@H]1C. The second-order valence-corrected chi connectivity index (χ2v) is 3.21. The number of hydrogen-bond donors (Lipinski definition) is 0. The van der Waals surface area contributed by atoms with Gasteiger partial charge >= 0.3 is 0 Å². The van der Waals surface area contributed by atoms with Gasteiger partial charge in [-0.25, -0.2) is 0 Å². The molecule has 0 aromatic rings. The van der Waals surface area contributed by atoms with Gasteiger partial charge in [-0.3, -0.25) is 0 Å². The minimum atomic E-state index is -0.0521. The summed E-state index contributed by atoms with van der Waals surface area (Å²) in [5.41, 5.74) is 0. The second-order valence-electron chi connectivity index (χ2n) is 3.21. The normalized spacial score (nSPS) is 40.6. The van der Waals surface area contributed by atoms with E-state index in [0.717, 1.165) is 0 Å². The van der Waals surface area contributed by atoms with E-state index in [1.54, 1.807) is 21.3 Å². The van der Waals surface area contributed by atoms with Crippen LogP contribution in [-0.4, -0.2) is 52.4 Å². The zero-order chi connectivity index (χ0) is 9.84. The highest BCUT2D eigenvalue weighted by molar-refractivity contribution is 4.87. The molecule has 1 saturated heterocycles. The Morgan fingerprint density at radius 2 is 1.62 bits per heavy atom. The Labute approximate surface area is 79.1 Å². The lowest BCUT2D eigenvalue weighted by Crippen LogP contribution is -2.54. The van der Waals surface area contributed by atoms with Gasteiger partial charge in [0, 0.05) is 21.3 Å². The van der Waals surface area contributed by atoms with Gasteiger partial charge in [0.05, 0.1) is 12.7 Å². The predicted molar refractivity (Wildman–Crippen MR) is 47.8 cm³/mol. The van der Waals surface area contributed by atoms with E-state index in [1.165, 1.54) is 0 Å². The molecule has 0 radical (unpaired) electrons. The highest BCUT2D eigenvalue weighted by Gasteiger charge is 2.39. The maximum atomic E-state index is 5.49. The molecule has 0 spiro atoms. The molecule has 0 saturated carbocycles. The summed E-state index contributed by atoms with van der Waals surface area (Å²) in [6, 6.07) is 0. The molecule has 78 valence electrons. The van der Waals surface area contributed by atoms with Gasteiger partial charge in [-0.05, 0) is 6.92 Å². The molecule has 4 heteroatoms. The molecule has 0 aliphatic carbocycles. The monoisotopic (exact) mass is 190 g/mol. The molecule has 1 heterocycles. The van der Waals surface area contributed by atoms with Crippen LogP contribution in [0.15, 0.2) is 0 Å². The lowest BCUT2D eigenvalue weighted by Gasteiger charge is -2.39. The Bertz CT molecular complexity index is 151. The number of hydrogen-bond acceptors (Lipinski definition) is 4. The molecule has 0 aromatic heterocycles. The van der Waals surface area contributed by atoms with Crippen LogP contribution in [0.4, 0.5) is 0 Å². The zero-order valence-electron chi connectivity index (χ0n) is 8.65. The standard InChI is InChI=1S/C9H18O4/c1-6-8(11-3)9(12-4)7(10-2)5-13-6/h6-9H,5H2,1-4H3/t6-,7-,8-,9-/m1/s1.